The van der Waals surface area contributed by atoms with Crippen molar-refractivity contribution in [2.45, 2.75) is 84.0 Å². The molecule has 0 unspecified atom stereocenters. The van der Waals surface area contributed by atoms with Crippen LogP contribution in [0, 0.1) is 20.2 Å². The Kier molecular flexibility index (Phi) is 15.7. The summed E-state index contributed by atoms with van der Waals surface area (Å²) < 4.78 is 0. The van der Waals surface area contributed by atoms with Gasteiger partial charge in [-0.2, -0.15) is 0 Å². The van der Waals surface area contributed by atoms with Crippen molar-refractivity contribution in [2.24, 2.45) is 0 Å². The van der Waals surface area contributed by atoms with E-state index < -0.39 is 9.85 Å². The third-order valence-electron chi connectivity index (χ3n) is 4.11. The van der Waals surface area contributed by atoms with Crippen LogP contribution in [0.2, 0.25) is 0 Å². The van der Waals surface area contributed by atoms with Crippen LogP contribution in [0.1, 0.15) is 84.0 Å². The molecule has 0 aliphatic rings. The van der Waals surface area contributed by atoms with E-state index in [0.717, 1.165) is 51.4 Å². The van der Waals surface area contributed by atoms with Gasteiger partial charge in [-0.3, -0.25) is 25.0 Å². The van der Waals surface area contributed by atoms with Gasteiger partial charge in [0.1, 0.15) is 0 Å². The first-order valence-electron chi connectivity index (χ1n) is 9.69. The molecule has 0 bridgehead atoms. The van der Waals surface area contributed by atoms with Crippen molar-refractivity contribution in [3.63, 3.8) is 0 Å². The molecule has 0 atom stereocenters. The first-order chi connectivity index (χ1) is 13.0. The predicted octanol–water partition coefficient (Wildman–Crippen LogP) is 5.67. The number of hydrogen-bond acceptors (Lipinski definition) is 5. The molecule has 0 heterocycles. The summed E-state index contributed by atoms with van der Waals surface area (Å²) in [5.74, 6) is 0. The number of unbranched alkanes of at least 4 members (excludes halogenated alkanes) is 7. The Labute approximate surface area is 161 Å². The predicted molar refractivity (Wildman–Crippen MR) is 106 cm³/mol. The van der Waals surface area contributed by atoms with Crippen LogP contribution in [-0.4, -0.2) is 16.1 Å². The zero-order valence-electron chi connectivity index (χ0n) is 16.2. The molecule has 0 aromatic heterocycles. The molecule has 27 heavy (non-hydrogen) atoms. The van der Waals surface area contributed by atoms with E-state index in [1.54, 1.807) is 6.08 Å². The molecule has 0 rings (SSSR count). The van der Waals surface area contributed by atoms with Crippen LogP contribution in [0.25, 0.3) is 0 Å². The maximum atomic E-state index is 11.1. The van der Waals surface area contributed by atoms with Gasteiger partial charge < -0.3 is 0 Å². The summed E-state index contributed by atoms with van der Waals surface area (Å²) in [5, 5.41) is 22.1. The average molecular weight is 379 g/mol. The Morgan fingerprint density at radius 1 is 0.889 bits per heavy atom. The summed E-state index contributed by atoms with van der Waals surface area (Å²) in [5.41, 5.74) is 0.186. The van der Waals surface area contributed by atoms with Crippen LogP contribution in [0.5, 0.6) is 0 Å². The molecule has 0 saturated heterocycles. The van der Waals surface area contributed by atoms with E-state index in [-0.39, 0.29) is 24.2 Å². The van der Waals surface area contributed by atoms with Crippen molar-refractivity contribution in [3.05, 3.63) is 55.9 Å². The number of hydrogen-bond donors (Lipinski definition) is 0. The molecule has 0 aliphatic heterocycles. The largest absolute Gasteiger partial charge is 0.291 e. The molecule has 0 fully saturated rings. The van der Waals surface area contributed by atoms with Crippen molar-refractivity contribution >= 4 is 6.29 Å². The van der Waals surface area contributed by atoms with Crippen molar-refractivity contribution < 1.29 is 14.6 Å². The lowest BCUT2D eigenvalue weighted by molar-refractivity contribution is -0.428. The second-order valence-electron chi connectivity index (χ2n) is 6.37. The normalized spacial score (nSPS) is 12.5. The second-order valence-corrected chi connectivity index (χ2v) is 6.37. The molecule has 0 N–H and O–H groups in total. The molecule has 7 heteroatoms. The van der Waals surface area contributed by atoms with Crippen LogP contribution in [-0.2, 0) is 4.79 Å². The van der Waals surface area contributed by atoms with Crippen LogP contribution < -0.4 is 0 Å². The van der Waals surface area contributed by atoms with Crippen molar-refractivity contribution in [3.8, 4) is 0 Å². The van der Waals surface area contributed by atoms with Gasteiger partial charge in [0.25, 0.3) is 0 Å². The summed E-state index contributed by atoms with van der Waals surface area (Å²) >= 11 is 0. The molecule has 1 radical (unpaired) electrons. The van der Waals surface area contributed by atoms with E-state index in [4.69, 9.17) is 0 Å². The van der Waals surface area contributed by atoms with Gasteiger partial charge in [-0.05, 0) is 44.3 Å². The topological polar surface area (TPSA) is 103 Å². The maximum Gasteiger partial charge on any atom is 0.246 e. The van der Waals surface area contributed by atoms with E-state index in [1.165, 1.54) is 12.2 Å². The lowest BCUT2D eigenvalue weighted by Crippen LogP contribution is -2.00. The SMILES string of the molecule is CCCCC/C(=C\C/C=C(\C/C=C\CCCCCC[C]=O)[N+](=O)[O-])[N+](=O)[O-]. The van der Waals surface area contributed by atoms with E-state index in [0.29, 0.717) is 12.8 Å². The highest BCUT2D eigenvalue weighted by molar-refractivity contribution is 5.50. The van der Waals surface area contributed by atoms with Crippen LogP contribution in [0.4, 0.5) is 0 Å². The maximum absolute atomic E-state index is 11.1. The minimum atomic E-state index is -0.434. The molecule has 7 nitrogen and oxygen atoms in total. The summed E-state index contributed by atoms with van der Waals surface area (Å²) in [6.45, 7) is 2.03. The smallest absolute Gasteiger partial charge is 0.246 e. The minimum Gasteiger partial charge on any atom is -0.291 e. The number of nitro groups is 2. The monoisotopic (exact) mass is 379 g/mol. The zero-order valence-corrected chi connectivity index (χ0v) is 16.2. The standard InChI is InChI=1S/C20H31N2O5/c1-2-3-10-14-19(21(24)25)16-13-17-20(22(26)27)15-11-8-6-4-5-7-9-12-18-23/h8,11,16-17H,2-7,9-10,12-15H2,1H3/b11-8-,19-16+,20-17+. The number of allylic oxidation sites excluding steroid dienone is 5. The Balaban J connectivity index is 4.37. The van der Waals surface area contributed by atoms with E-state index in [2.05, 4.69) is 0 Å². The molecule has 0 amide bonds. The van der Waals surface area contributed by atoms with E-state index in [9.17, 15) is 25.0 Å². The van der Waals surface area contributed by atoms with Gasteiger partial charge in [0.2, 0.25) is 11.4 Å². The van der Waals surface area contributed by atoms with Gasteiger partial charge in [-0.15, -0.1) is 0 Å². The molecule has 0 aliphatic carbocycles. The molecular formula is C20H31N2O5. The first-order valence-corrected chi connectivity index (χ1v) is 9.69. The van der Waals surface area contributed by atoms with Crippen LogP contribution in [0.3, 0.4) is 0 Å². The molecule has 0 saturated carbocycles. The van der Waals surface area contributed by atoms with Gasteiger partial charge >= 0.3 is 0 Å². The molecular weight excluding hydrogens is 348 g/mol. The van der Waals surface area contributed by atoms with Gasteiger partial charge in [0, 0.05) is 12.8 Å². The van der Waals surface area contributed by atoms with Gasteiger partial charge in [0.15, 0.2) is 6.29 Å². The lowest BCUT2D eigenvalue weighted by atomic mass is 10.1. The van der Waals surface area contributed by atoms with Crippen molar-refractivity contribution in [2.75, 3.05) is 0 Å². The quantitative estimate of drug-likeness (QED) is 0.140. The third-order valence-corrected chi connectivity index (χ3v) is 4.11. The summed E-state index contributed by atoms with van der Waals surface area (Å²) in [6.07, 6.45) is 17.2. The van der Waals surface area contributed by atoms with Gasteiger partial charge in [0.05, 0.1) is 16.3 Å². The van der Waals surface area contributed by atoms with Gasteiger partial charge in [-0.25, -0.2) is 0 Å². The fourth-order valence-corrected chi connectivity index (χ4v) is 2.52. The van der Waals surface area contributed by atoms with Crippen molar-refractivity contribution in [1.82, 2.24) is 0 Å². The average Bonchev–Trinajstić information content (AvgIpc) is 2.63. The Morgan fingerprint density at radius 2 is 1.56 bits per heavy atom. The summed E-state index contributed by atoms with van der Waals surface area (Å²) in [7, 11) is 0. The first kappa shape index (κ1) is 24.7. The highest BCUT2D eigenvalue weighted by Gasteiger charge is 2.11. The fraction of sp³-hybridized carbons (Fsp3) is 0.650. The second kappa shape index (κ2) is 17.1. The number of carbonyl (C=O) groups excluding carboxylic acids is 1. The highest BCUT2D eigenvalue weighted by atomic mass is 16.6. The Bertz CT molecular complexity index is 538. The number of rotatable bonds is 17. The Hall–Kier alpha value is -2.31. The van der Waals surface area contributed by atoms with E-state index >= 15 is 0 Å². The zero-order chi connectivity index (χ0) is 20.3. The lowest BCUT2D eigenvalue weighted by Gasteiger charge is -1.98. The molecule has 0 aromatic carbocycles. The van der Waals surface area contributed by atoms with E-state index in [1.807, 2.05) is 19.3 Å². The molecule has 0 aromatic rings. The molecule has 0 spiro atoms. The number of nitrogens with zero attached hydrogens (tertiary/aromatic N) is 2. The van der Waals surface area contributed by atoms with Crippen LogP contribution in [0.15, 0.2) is 35.7 Å². The summed E-state index contributed by atoms with van der Waals surface area (Å²) in [4.78, 5) is 31.4. The minimum absolute atomic E-state index is 0.0558. The van der Waals surface area contributed by atoms with Crippen molar-refractivity contribution in [1.29, 1.82) is 0 Å². The third kappa shape index (κ3) is 14.5. The van der Waals surface area contributed by atoms with Gasteiger partial charge in [-0.1, -0.05) is 44.8 Å². The summed E-state index contributed by atoms with van der Waals surface area (Å²) in [6, 6.07) is 0. The molecule has 151 valence electrons. The highest BCUT2D eigenvalue weighted by Crippen LogP contribution is 2.13. The fourth-order valence-electron chi connectivity index (χ4n) is 2.52. The van der Waals surface area contributed by atoms with Crippen LogP contribution >= 0.6 is 0 Å². The Morgan fingerprint density at radius 3 is 2.19 bits per heavy atom.